The van der Waals surface area contributed by atoms with Gasteiger partial charge in [0.05, 0.1) is 0 Å². The minimum absolute atomic E-state index is 0.314. The van der Waals surface area contributed by atoms with Gasteiger partial charge in [0.25, 0.3) is 0 Å². The minimum atomic E-state index is -5.08. The third-order valence-electron chi connectivity index (χ3n) is 3.77. The highest BCUT2D eigenvalue weighted by molar-refractivity contribution is 5.73. The molecule has 0 aliphatic carbocycles. The second kappa shape index (κ2) is 11.9. The summed E-state index contributed by atoms with van der Waals surface area (Å²) in [4.78, 5) is 11.4. The van der Waals surface area contributed by atoms with Crippen LogP contribution in [0.25, 0.3) is 0 Å². The van der Waals surface area contributed by atoms with Crippen molar-refractivity contribution in [1.82, 2.24) is 4.90 Å². The molecule has 0 bridgehead atoms. The van der Waals surface area contributed by atoms with Crippen molar-refractivity contribution in [3.8, 4) is 0 Å². The number of carboxylic acids is 1. The Morgan fingerprint density at radius 1 is 1.16 bits per heavy atom. The molecule has 1 rings (SSSR count). The highest BCUT2D eigenvalue weighted by Gasteiger charge is 2.38. The summed E-state index contributed by atoms with van der Waals surface area (Å²) in [7, 11) is 0. The number of unbranched alkanes of at least 4 members (excludes halogenated alkanes) is 1. The van der Waals surface area contributed by atoms with E-state index in [-0.39, 0.29) is 0 Å². The lowest BCUT2D eigenvalue weighted by Gasteiger charge is -2.20. The number of halogens is 3. The Morgan fingerprint density at radius 2 is 1.76 bits per heavy atom. The summed E-state index contributed by atoms with van der Waals surface area (Å²) in [6.45, 7) is 10.2. The number of alkyl halides is 3. The van der Waals surface area contributed by atoms with Crippen LogP contribution in [0.3, 0.4) is 0 Å². The molecule has 0 amide bonds. The highest BCUT2D eigenvalue weighted by Crippen LogP contribution is 2.13. The van der Waals surface area contributed by atoms with Crippen LogP contribution in [0.5, 0.6) is 0 Å². The molecule has 0 aromatic heterocycles. The van der Waals surface area contributed by atoms with Crippen LogP contribution in [0, 0.1) is 13.8 Å². The summed E-state index contributed by atoms with van der Waals surface area (Å²) in [6.07, 6.45) is -1.95. The summed E-state index contributed by atoms with van der Waals surface area (Å²) < 4.78 is 31.7. The number of carbonyl (C=O) groups is 1. The normalized spacial score (nSPS) is 11.2. The number of likely N-dealkylation sites (N-methyl/N-ethyl adjacent to an activating group) is 1. The van der Waals surface area contributed by atoms with Crippen molar-refractivity contribution < 1.29 is 28.2 Å². The van der Waals surface area contributed by atoms with Gasteiger partial charge in [-0.25, -0.2) is 4.79 Å². The zero-order valence-corrected chi connectivity index (χ0v) is 15.1. The average Bonchev–Trinajstić information content (AvgIpc) is 2.53. The molecule has 144 valence electrons. The first-order valence-corrected chi connectivity index (χ1v) is 8.31. The molecule has 0 aliphatic heterocycles. The van der Waals surface area contributed by atoms with Crippen LogP contribution < -0.4 is 0 Å². The smallest absolute Gasteiger partial charge is 0.475 e. The largest absolute Gasteiger partial charge is 0.490 e. The van der Waals surface area contributed by atoms with Gasteiger partial charge in [-0.15, -0.1) is 0 Å². The van der Waals surface area contributed by atoms with E-state index in [1.165, 1.54) is 16.7 Å². The Kier molecular flexibility index (Phi) is 11.1. The third kappa shape index (κ3) is 10.8. The van der Waals surface area contributed by atoms with E-state index in [4.69, 9.17) is 15.0 Å². The summed E-state index contributed by atoms with van der Waals surface area (Å²) in [5.74, 6) is -2.76. The van der Waals surface area contributed by atoms with E-state index in [9.17, 15) is 13.2 Å². The Morgan fingerprint density at radius 3 is 2.24 bits per heavy atom. The van der Waals surface area contributed by atoms with Crippen molar-refractivity contribution >= 4 is 5.97 Å². The number of rotatable bonds is 8. The number of benzene rings is 1. The van der Waals surface area contributed by atoms with Gasteiger partial charge in [0.1, 0.15) is 0 Å². The molecule has 2 N–H and O–H groups in total. The lowest BCUT2D eigenvalue weighted by Crippen LogP contribution is -2.27. The van der Waals surface area contributed by atoms with E-state index in [1.807, 2.05) is 0 Å². The van der Waals surface area contributed by atoms with E-state index in [0.29, 0.717) is 6.61 Å². The molecule has 0 saturated carbocycles. The molecule has 0 fully saturated rings. The number of nitrogens with zero attached hydrogens (tertiary/aromatic N) is 1. The summed E-state index contributed by atoms with van der Waals surface area (Å²) in [5, 5.41) is 15.9. The predicted octanol–water partition coefficient (Wildman–Crippen LogP) is 3.57. The van der Waals surface area contributed by atoms with Crippen LogP contribution in [0.1, 0.15) is 36.5 Å². The lowest BCUT2D eigenvalue weighted by atomic mass is 10.0. The SMILES string of the molecule is CCN(CCCCO)CCc1cc(C)ccc1C.O=C(O)C(F)(F)F. The number of aliphatic hydroxyl groups is 1. The van der Waals surface area contributed by atoms with E-state index in [0.717, 1.165) is 38.9 Å². The van der Waals surface area contributed by atoms with E-state index >= 15 is 0 Å². The molecule has 4 nitrogen and oxygen atoms in total. The van der Waals surface area contributed by atoms with Crippen LogP contribution in [-0.2, 0) is 11.2 Å². The average molecular weight is 363 g/mol. The van der Waals surface area contributed by atoms with Gasteiger partial charge in [0.15, 0.2) is 0 Å². The van der Waals surface area contributed by atoms with Crippen LogP contribution in [-0.4, -0.2) is 53.5 Å². The molecule has 0 aliphatic rings. The van der Waals surface area contributed by atoms with Gasteiger partial charge in [0, 0.05) is 13.2 Å². The third-order valence-corrected chi connectivity index (χ3v) is 3.77. The quantitative estimate of drug-likeness (QED) is 0.693. The summed E-state index contributed by atoms with van der Waals surface area (Å²) in [5.41, 5.74) is 4.21. The molecular formula is C18H28F3NO3. The molecule has 0 spiro atoms. The first-order valence-electron chi connectivity index (χ1n) is 8.31. The van der Waals surface area contributed by atoms with Crippen molar-refractivity contribution in [3.05, 3.63) is 34.9 Å². The molecule has 0 unspecified atom stereocenters. The number of hydrogen-bond acceptors (Lipinski definition) is 3. The molecule has 0 atom stereocenters. The fraction of sp³-hybridized carbons (Fsp3) is 0.611. The predicted molar refractivity (Wildman–Crippen MR) is 91.7 cm³/mol. The van der Waals surface area contributed by atoms with Crippen molar-refractivity contribution in [2.45, 2.75) is 46.2 Å². The van der Waals surface area contributed by atoms with Gasteiger partial charge in [-0.05, 0) is 57.3 Å². The molecular weight excluding hydrogens is 335 g/mol. The first kappa shape index (κ1) is 23.4. The van der Waals surface area contributed by atoms with Crippen LogP contribution in [0.2, 0.25) is 0 Å². The Hall–Kier alpha value is -1.60. The molecule has 0 saturated heterocycles. The van der Waals surface area contributed by atoms with Crippen molar-refractivity contribution in [2.75, 3.05) is 26.2 Å². The molecule has 1 aromatic rings. The van der Waals surface area contributed by atoms with E-state index in [2.05, 4.69) is 43.9 Å². The molecule has 0 radical (unpaired) electrons. The van der Waals surface area contributed by atoms with Gasteiger partial charge >= 0.3 is 12.1 Å². The number of aryl methyl sites for hydroxylation is 2. The zero-order valence-electron chi connectivity index (χ0n) is 15.1. The van der Waals surface area contributed by atoms with Gasteiger partial charge in [0.2, 0.25) is 0 Å². The van der Waals surface area contributed by atoms with Crippen molar-refractivity contribution in [1.29, 1.82) is 0 Å². The maximum absolute atomic E-state index is 10.6. The molecule has 25 heavy (non-hydrogen) atoms. The van der Waals surface area contributed by atoms with Crippen molar-refractivity contribution in [3.63, 3.8) is 0 Å². The maximum atomic E-state index is 10.6. The standard InChI is InChI=1S/C16H27NO.C2HF3O2/c1-4-17(10-5-6-12-18)11-9-16-13-14(2)7-8-15(16)3;3-2(4,5)1(6)7/h7-8,13,18H,4-6,9-12H2,1-3H3;(H,6,7). The van der Waals surface area contributed by atoms with Crippen LogP contribution in [0.15, 0.2) is 18.2 Å². The van der Waals surface area contributed by atoms with Gasteiger partial charge in [-0.3, -0.25) is 0 Å². The maximum Gasteiger partial charge on any atom is 0.490 e. The monoisotopic (exact) mass is 363 g/mol. The number of aliphatic hydroxyl groups excluding tert-OH is 1. The Labute approximate surface area is 147 Å². The van der Waals surface area contributed by atoms with Gasteiger partial charge in [-0.2, -0.15) is 13.2 Å². The van der Waals surface area contributed by atoms with Gasteiger partial charge < -0.3 is 15.1 Å². The fourth-order valence-corrected chi connectivity index (χ4v) is 2.22. The molecule has 7 heteroatoms. The number of hydrogen-bond donors (Lipinski definition) is 2. The number of carboxylic acid groups (broad SMARTS) is 1. The second-order valence-electron chi connectivity index (χ2n) is 5.85. The van der Waals surface area contributed by atoms with Crippen molar-refractivity contribution in [2.24, 2.45) is 0 Å². The lowest BCUT2D eigenvalue weighted by molar-refractivity contribution is -0.192. The molecule has 1 aromatic carbocycles. The second-order valence-corrected chi connectivity index (χ2v) is 5.85. The Balaban J connectivity index is 0.000000697. The first-order chi connectivity index (χ1) is 11.6. The van der Waals surface area contributed by atoms with Gasteiger partial charge in [-0.1, -0.05) is 30.7 Å². The summed E-state index contributed by atoms with van der Waals surface area (Å²) in [6, 6.07) is 6.70. The van der Waals surface area contributed by atoms with Crippen LogP contribution in [0.4, 0.5) is 13.2 Å². The number of aliphatic carboxylic acids is 1. The Bertz CT molecular complexity index is 519. The minimum Gasteiger partial charge on any atom is -0.475 e. The highest BCUT2D eigenvalue weighted by atomic mass is 19.4. The molecule has 0 heterocycles. The van der Waals surface area contributed by atoms with E-state index in [1.54, 1.807) is 0 Å². The zero-order chi connectivity index (χ0) is 19.5. The fourth-order valence-electron chi connectivity index (χ4n) is 2.22. The topological polar surface area (TPSA) is 60.8 Å². The van der Waals surface area contributed by atoms with E-state index < -0.39 is 12.1 Å². The summed E-state index contributed by atoms with van der Waals surface area (Å²) >= 11 is 0. The van der Waals surface area contributed by atoms with Crippen LogP contribution >= 0.6 is 0 Å².